The molecule has 0 aliphatic rings. The van der Waals surface area contributed by atoms with Crippen molar-refractivity contribution in [2.75, 3.05) is 7.11 Å². The first-order valence-electron chi connectivity index (χ1n) is 7.27. The highest BCUT2D eigenvalue weighted by Crippen LogP contribution is 2.22. The standard InChI is InChI=1S/C18H20BrNO2/c1-13(16-5-3-4-6-17(16)19)20-18(21)12-9-14-7-10-15(22-2)11-8-14/h3-8,10-11,13H,9,12H2,1-2H3,(H,20,21). The van der Waals surface area contributed by atoms with Crippen LogP contribution in [0.2, 0.25) is 0 Å². The maximum atomic E-state index is 12.1. The van der Waals surface area contributed by atoms with Gasteiger partial charge in [-0.1, -0.05) is 46.3 Å². The van der Waals surface area contributed by atoms with Crippen LogP contribution in [0.15, 0.2) is 53.0 Å². The van der Waals surface area contributed by atoms with Gasteiger partial charge in [-0.3, -0.25) is 4.79 Å². The second kappa shape index (κ2) is 7.99. The molecule has 1 atom stereocenters. The lowest BCUT2D eigenvalue weighted by atomic mass is 10.1. The predicted molar refractivity (Wildman–Crippen MR) is 92.0 cm³/mol. The summed E-state index contributed by atoms with van der Waals surface area (Å²) in [5, 5.41) is 3.04. The number of rotatable bonds is 6. The molecule has 0 spiro atoms. The molecular weight excluding hydrogens is 342 g/mol. The molecule has 0 saturated carbocycles. The number of benzene rings is 2. The zero-order valence-electron chi connectivity index (χ0n) is 12.8. The highest BCUT2D eigenvalue weighted by molar-refractivity contribution is 9.10. The monoisotopic (exact) mass is 361 g/mol. The summed E-state index contributed by atoms with van der Waals surface area (Å²) in [7, 11) is 1.64. The molecule has 1 N–H and O–H groups in total. The minimum atomic E-state index is -0.0149. The highest BCUT2D eigenvalue weighted by atomic mass is 79.9. The van der Waals surface area contributed by atoms with Crippen molar-refractivity contribution in [2.24, 2.45) is 0 Å². The Kier molecular flexibility index (Phi) is 6.01. The van der Waals surface area contributed by atoms with Crippen LogP contribution < -0.4 is 10.1 Å². The quantitative estimate of drug-likeness (QED) is 0.834. The van der Waals surface area contributed by atoms with Crippen LogP contribution in [0.3, 0.4) is 0 Å². The number of carbonyl (C=O) groups excluding carboxylic acids is 1. The summed E-state index contributed by atoms with van der Waals surface area (Å²) in [6, 6.07) is 15.7. The van der Waals surface area contributed by atoms with Gasteiger partial charge in [0.2, 0.25) is 5.91 Å². The fraction of sp³-hybridized carbons (Fsp3) is 0.278. The molecular formula is C18H20BrNO2. The van der Waals surface area contributed by atoms with Gasteiger partial charge in [0.1, 0.15) is 5.75 Å². The molecule has 0 aliphatic carbocycles. The fourth-order valence-corrected chi connectivity index (χ4v) is 2.90. The predicted octanol–water partition coefficient (Wildman–Crippen LogP) is 4.27. The van der Waals surface area contributed by atoms with Crippen LogP contribution in [-0.2, 0) is 11.2 Å². The summed E-state index contributed by atoms with van der Waals surface area (Å²) >= 11 is 3.51. The third-order valence-electron chi connectivity index (χ3n) is 3.55. The average Bonchev–Trinajstić information content (AvgIpc) is 2.53. The minimum Gasteiger partial charge on any atom is -0.497 e. The topological polar surface area (TPSA) is 38.3 Å². The number of methoxy groups -OCH3 is 1. The first-order chi connectivity index (χ1) is 10.6. The molecule has 0 heterocycles. The van der Waals surface area contributed by atoms with Crippen molar-refractivity contribution >= 4 is 21.8 Å². The lowest BCUT2D eigenvalue weighted by Gasteiger charge is -2.16. The number of nitrogens with one attached hydrogen (secondary N) is 1. The number of halogens is 1. The van der Waals surface area contributed by atoms with Gasteiger partial charge in [0.15, 0.2) is 0 Å². The van der Waals surface area contributed by atoms with E-state index in [9.17, 15) is 4.79 Å². The van der Waals surface area contributed by atoms with Crippen LogP contribution in [0, 0.1) is 0 Å². The molecule has 0 radical (unpaired) electrons. The summed E-state index contributed by atoms with van der Waals surface area (Å²) in [6.07, 6.45) is 1.19. The molecule has 0 saturated heterocycles. The number of aryl methyl sites for hydroxylation is 1. The Morgan fingerprint density at radius 1 is 1.18 bits per heavy atom. The highest BCUT2D eigenvalue weighted by Gasteiger charge is 2.11. The molecule has 22 heavy (non-hydrogen) atoms. The molecule has 1 amide bonds. The van der Waals surface area contributed by atoms with Crippen LogP contribution in [0.25, 0.3) is 0 Å². The van der Waals surface area contributed by atoms with Gasteiger partial charge >= 0.3 is 0 Å². The zero-order chi connectivity index (χ0) is 15.9. The zero-order valence-corrected chi connectivity index (χ0v) is 14.4. The van der Waals surface area contributed by atoms with Gasteiger partial charge in [-0.2, -0.15) is 0 Å². The van der Waals surface area contributed by atoms with Gasteiger partial charge in [0.25, 0.3) is 0 Å². The van der Waals surface area contributed by atoms with Crippen LogP contribution in [-0.4, -0.2) is 13.0 Å². The van der Waals surface area contributed by atoms with Crippen molar-refractivity contribution in [2.45, 2.75) is 25.8 Å². The van der Waals surface area contributed by atoms with Gasteiger partial charge in [-0.05, 0) is 42.7 Å². The fourth-order valence-electron chi connectivity index (χ4n) is 2.27. The van der Waals surface area contributed by atoms with Gasteiger partial charge in [0.05, 0.1) is 13.2 Å². The van der Waals surface area contributed by atoms with Crippen LogP contribution in [0.1, 0.15) is 30.5 Å². The van der Waals surface area contributed by atoms with E-state index >= 15 is 0 Å². The van der Waals surface area contributed by atoms with E-state index < -0.39 is 0 Å². The Labute approximate surface area is 139 Å². The summed E-state index contributed by atoms with van der Waals surface area (Å²) in [5.41, 5.74) is 2.21. The molecule has 3 nitrogen and oxygen atoms in total. The number of hydrogen-bond donors (Lipinski definition) is 1. The van der Waals surface area contributed by atoms with Crippen molar-refractivity contribution < 1.29 is 9.53 Å². The van der Waals surface area contributed by atoms with Gasteiger partial charge in [-0.25, -0.2) is 0 Å². The molecule has 0 fully saturated rings. The van der Waals surface area contributed by atoms with E-state index in [1.807, 2.05) is 55.5 Å². The Morgan fingerprint density at radius 3 is 2.50 bits per heavy atom. The van der Waals surface area contributed by atoms with Crippen LogP contribution in [0.4, 0.5) is 0 Å². The van der Waals surface area contributed by atoms with Crippen LogP contribution >= 0.6 is 15.9 Å². The second-order valence-electron chi connectivity index (χ2n) is 5.16. The summed E-state index contributed by atoms with van der Waals surface area (Å²) in [5.74, 6) is 0.884. The van der Waals surface area contributed by atoms with E-state index in [4.69, 9.17) is 4.74 Å². The molecule has 4 heteroatoms. The van der Waals surface area contributed by atoms with E-state index in [1.165, 1.54) is 0 Å². The van der Waals surface area contributed by atoms with Crippen molar-refractivity contribution in [1.82, 2.24) is 5.32 Å². The first kappa shape index (κ1) is 16.6. The molecule has 2 rings (SSSR count). The van der Waals surface area contributed by atoms with Gasteiger partial charge < -0.3 is 10.1 Å². The Hall–Kier alpha value is -1.81. The Balaban J connectivity index is 1.86. The molecule has 2 aromatic carbocycles. The number of hydrogen-bond acceptors (Lipinski definition) is 2. The van der Waals surface area contributed by atoms with Crippen molar-refractivity contribution in [3.63, 3.8) is 0 Å². The second-order valence-corrected chi connectivity index (χ2v) is 6.01. The number of carbonyl (C=O) groups is 1. The maximum absolute atomic E-state index is 12.1. The lowest BCUT2D eigenvalue weighted by molar-refractivity contribution is -0.121. The summed E-state index contributed by atoms with van der Waals surface area (Å²) < 4.78 is 6.14. The lowest BCUT2D eigenvalue weighted by Crippen LogP contribution is -2.27. The van der Waals surface area contributed by atoms with E-state index in [0.29, 0.717) is 6.42 Å². The average molecular weight is 362 g/mol. The van der Waals surface area contributed by atoms with Crippen molar-refractivity contribution in [3.05, 3.63) is 64.1 Å². The summed E-state index contributed by atoms with van der Waals surface area (Å²) in [4.78, 5) is 12.1. The van der Waals surface area contributed by atoms with E-state index in [2.05, 4.69) is 21.2 Å². The van der Waals surface area contributed by atoms with Crippen molar-refractivity contribution in [3.8, 4) is 5.75 Å². The Bertz CT molecular complexity index is 625. The van der Waals surface area contributed by atoms with E-state index in [-0.39, 0.29) is 11.9 Å². The largest absolute Gasteiger partial charge is 0.497 e. The van der Waals surface area contributed by atoms with Crippen LogP contribution in [0.5, 0.6) is 5.75 Å². The van der Waals surface area contributed by atoms with E-state index in [0.717, 1.165) is 27.8 Å². The first-order valence-corrected chi connectivity index (χ1v) is 8.06. The number of amides is 1. The normalized spacial score (nSPS) is 11.8. The van der Waals surface area contributed by atoms with Crippen molar-refractivity contribution in [1.29, 1.82) is 0 Å². The molecule has 0 aliphatic heterocycles. The SMILES string of the molecule is COc1ccc(CCC(=O)NC(C)c2ccccc2Br)cc1. The summed E-state index contributed by atoms with van der Waals surface area (Å²) in [6.45, 7) is 1.99. The smallest absolute Gasteiger partial charge is 0.220 e. The maximum Gasteiger partial charge on any atom is 0.220 e. The third-order valence-corrected chi connectivity index (χ3v) is 4.27. The molecule has 1 unspecified atom stereocenters. The van der Waals surface area contributed by atoms with E-state index in [1.54, 1.807) is 7.11 Å². The van der Waals surface area contributed by atoms with Gasteiger partial charge in [-0.15, -0.1) is 0 Å². The molecule has 116 valence electrons. The molecule has 2 aromatic rings. The molecule has 0 aromatic heterocycles. The Morgan fingerprint density at radius 2 is 1.86 bits per heavy atom. The van der Waals surface area contributed by atoms with Gasteiger partial charge in [0, 0.05) is 10.9 Å². The third kappa shape index (κ3) is 4.60. The number of ether oxygens (including phenoxy) is 1. The molecule has 0 bridgehead atoms. The minimum absolute atomic E-state index is 0.0149.